The molecule has 2 rings (SSSR count). The van der Waals surface area contributed by atoms with Crippen LogP contribution in [0.2, 0.25) is 0 Å². The number of fused-ring (bicyclic) bond motifs is 1. The van der Waals surface area contributed by atoms with Crippen LogP contribution in [-0.2, 0) is 11.3 Å². The minimum atomic E-state index is -0.492. The normalized spacial score (nSPS) is 11.1. The number of imidazole rings is 1. The zero-order chi connectivity index (χ0) is 11.7. The molecule has 0 aliphatic carbocycles. The molecule has 86 valence electrons. The summed E-state index contributed by atoms with van der Waals surface area (Å²) in [7, 11) is 1.54. The summed E-state index contributed by atoms with van der Waals surface area (Å²) in [6.45, 7) is 0.700. The molecule has 2 aromatic rings. The van der Waals surface area contributed by atoms with Gasteiger partial charge in [0.2, 0.25) is 0 Å². The van der Waals surface area contributed by atoms with E-state index >= 15 is 0 Å². The molecule has 16 heavy (non-hydrogen) atoms. The number of rotatable bonds is 3. The Morgan fingerprint density at radius 1 is 1.44 bits per heavy atom. The van der Waals surface area contributed by atoms with Gasteiger partial charge < -0.3 is 9.72 Å². The molecule has 2 N–H and O–H groups in total. The largest absolute Gasteiger partial charge is 0.383 e. The van der Waals surface area contributed by atoms with Crippen molar-refractivity contribution in [2.45, 2.75) is 6.54 Å². The molecule has 0 aliphatic rings. The second-order valence-corrected chi connectivity index (χ2v) is 3.88. The molecular formula is C8H9BrN4O3. The van der Waals surface area contributed by atoms with E-state index < -0.39 is 11.2 Å². The van der Waals surface area contributed by atoms with E-state index in [1.165, 1.54) is 11.7 Å². The summed E-state index contributed by atoms with van der Waals surface area (Å²) in [4.78, 5) is 32.0. The first-order chi connectivity index (χ1) is 7.63. The molecule has 0 spiro atoms. The van der Waals surface area contributed by atoms with E-state index in [2.05, 4.69) is 30.9 Å². The number of ether oxygens (including phenoxy) is 1. The maximum absolute atomic E-state index is 11.6. The van der Waals surface area contributed by atoms with Crippen LogP contribution in [0.5, 0.6) is 0 Å². The van der Waals surface area contributed by atoms with E-state index in [0.717, 1.165) is 0 Å². The second kappa shape index (κ2) is 4.22. The van der Waals surface area contributed by atoms with Gasteiger partial charge in [0.15, 0.2) is 15.9 Å². The quantitative estimate of drug-likeness (QED) is 0.767. The molecule has 7 nitrogen and oxygen atoms in total. The lowest BCUT2D eigenvalue weighted by atomic mass is 10.5. The SMILES string of the molecule is COCCn1c(=O)[nH]c(=O)c2[nH]c(Br)nc21. The van der Waals surface area contributed by atoms with Gasteiger partial charge in [-0.25, -0.2) is 9.78 Å². The number of nitrogens with one attached hydrogen (secondary N) is 2. The topological polar surface area (TPSA) is 92.8 Å². The predicted molar refractivity (Wildman–Crippen MR) is 60.6 cm³/mol. The van der Waals surface area contributed by atoms with E-state index in [4.69, 9.17) is 4.74 Å². The Labute approximate surface area is 97.6 Å². The third kappa shape index (κ3) is 1.81. The summed E-state index contributed by atoms with van der Waals surface area (Å²) in [5.41, 5.74) is -0.388. The lowest BCUT2D eigenvalue weighted by Crippen LogP contribution is -2.31. The molecule has 0 saturated carbocycles. The van der Waals surface area contributed by atoms with Gasteiger partial charge in [-0.1, -0.05) is 0 Å². The molecule has 0 unspecified atom stereocenters. The van der Waals surface area contributed by atoms with Crippen LogP contribution in [-0.4, -0.2) is 33.2 Å². The summed E-state index contributed by atoms with van der Waals surface area (Å²) in [6.07, 6.45) is 0. The van der Waals surface area contributed by atoms with E-state index in [1.807, 2.05) is 0 Å². The molecule has 0 bridgehead atoms. The summed E-state index contributed by atoms with van der Waals surface area (Å²) >= 11 is 3.12. The lowest BCUT2D eigenvalue weighted by Gasteiger charge is -2.03. The average molecular weight is 289 g/mol. The van der Waals surface area contributed by atoms with Gasteiger partial charge in [0.25, 0.3) is 5.56 Å². The van der Waals surface area contributed by atoms with Gasteiger partial charge >= 0.3 is 5.69 Å². The van der Waals surface area contributed by atoms with Crippen LogP contribution in [0.4, 0.5) is 0 Å². The molecule has 0 fully saturated rings. The Morgan fingerprint density at radius 3 is 2.88 bits per heavy atom. The first-order valence-electron chi connectivity index (χ1n) is 4.50. The van der Waals surface area contributed by atoms with Crippen molar-refractivity contribution in [2.24, 2.45) is 0 Å². The van der Waals surface area contributed by atoms with Gasteiger partial charge in [0, 0.05) is 7.11 Å². The van der Waals surface area contributed by atoms with Crippen molar-refractivity contribution in [2.75, 3.05) is 13.7 Å². The van der Waals surface area contributed by atoms with E-state index in [1.54, 1.807) is 0 Å². The van der Waals surface area contributed by atoms with Crippen molar-refractivity contribution in [1.29, 1.82) is 0 Å². The highest BCUT2D eigenvalue weighted by Crippen LogP contribution is 2.09. The maximum Gasteiger partial charge on any atom is 0.330 e. The summed E-state index contributed by atoms with van der Waals surface area (Å²) in [5, 5.41) is 0. The molecule has 0 aliphatic heterocycles. The smallest absolute Gasteiger partial charge is 0.330 e. The number of methoxy groups -OCH3 is 1. The number of H-pyrrole nitrogens is 2. The van der Waals surface area contributed by atoms with Crippen molar-refractivity contribution in [3.8, 4) is 0 Å². The average Bonchev–Trinajstić information content (AvgIpc) is 2.60. The standard InChI is InChI=1S/C8H9BrN4O3/c1-16-3-2-13-5-4(10-7(9)11-5)6(14)12-8(13)15/h2-3H2,1H3,(H,10,11)(H,12,14,15). The zero-order valence-corrected chi connectivity index (χ0v) is 10.00. The van der Waals surface area contributed by atoms with Gasteiger partial charge in [-0.15, -0.1) is 0 Å². The first-order valence-corrected chi connectivity index (χ1v) is 5.30. The fourth-order valence-electron chi connectivity index (χ4n) is 1.40. The summed E-state index contributed by atoms with van der Waals surface area (Å²) in [5.74, 6) is 0. The highest BCUT2D eigenvalue weighted by Gasteiger charge is 2.11. The van der Waals surface area contributed by atoms with Crippen LogP contribution < -0.4 is 11.2 Å². The fourth-order valence-corrected chi connectivity index (χ4v) is 1.77. The minimum Gasteiger partial charge on any atom is -0.383 e. The van der Waals surface area contributed by atoms with Crippen LogP contribution in [0.15, 0.2) is 14.3 Å². The van der Waals surface area contributed by atoms with Crippen LogP contribution in [0, 0.1) is 0 Å². The minimum absolute atomic E-state index is 0.266. The molecular weight excluding hydrogens is 280 g/mol. The van der Waals surface area contributed by atoms with E-state index in [-0.39, 0.29) is 5.52 Å². The van der Waals surface area contributed by atoms with Gasteiger partial charge in [0.1, 0.15) is 0 Å². The predicted octanol–water partition coefficient (Wildman–Crippen LogP) is -0.178. The van der Waals surface area contributed by atoms with Gasteiger partial charge in [-0.05, 0) is 15.9 Å². The van der Waals surface area contributed by atoms with Gasteiger partial charge in [-0.2, -0.15) is 0 Å². The fraction of sp³-hybridized carbons (Fsp3) is 0.375. The Kier molecular flexibility index (Phi) is 2.92. The molecule has 0 aromatic carbocycles. The van der Waals surface area contributed by atoms with E-state index in [0.29, 0.717) is 23.5 Å². The maximum atomic E-state index is 11.6. The number of aromatic nitrogens is 4. The first kappa shape index (κ1) is 11.1. The Hall–Kier alpha value is -1.41. The lowest BCUT2D eigenvalue weighted by molar-refractivity contribution is 0.187. The molecule has 2 heterocycles. The molecule has 0 atom stereocenters. The summed E-state index contributed by atoms with van der Waals surface area (Å²) < 4.78 is 6.64. The van der Waals surface area contributed by atoms with Gasteiger partial charge in [-0.3, -0.25) is 14.3 Å². The van der Waals surface area contributed by atoms with Crippen molar-refractivity contribution < 1.29 is 4.74 Å². The number of aromatic amines is 2. The van der Waals surface area contributed by atoms with Crippen molar-refractivity contribution in [3.63, 3.8) is 0 Å². The van der Waals surface area contributed by atoms with Crippen molar-refractivity contribution in [1.82, 2.24) is 19.5 Å². The third-order valence-electron chi connectivity index (χ3n) is 2.12. The van der Waals surface area contributed by atoms with Crippen LogP contribution in [0.1, 0.15) is 0 Å². The van der Waals surface area contributed by atoms with Crippen molar-refractivity contribution >= 4 is 27.1 Å². The molecule has 2 aromatic heterocycles. The molecule has 0 saturated heterocycles. The highest BCUT2D eigenvalue weighted by atomic mass is 79.9. The van der Waals surface area contributed by atoms with Gasteiger partial charge in [0.05, 0.1) is 13.2 Å². The Morgan fingerprint density at radius 2 is 2.19 bits per heavy atom. The Balaban J connectivity index is 2.71. The van der Waals surface area contributed by atoms with Crippen molar-refractivity contribution in [3.05, 3.63) is 25.6 Å². The number of hydrogen-bond acceptors (Lipinski definition) is 4. The number of hydrogen-bond donors (Lipinski definition) is 2. The molecule has 0 amide bonds. The van der Waals surface area contributed by atoms with Crippen LogP contribution in [0.3, 0.4) is 0 Å². The van der Waals surface area contributed by atoms with E-state index in [9.17, 15) is 9.59 Å². The molecule has 8 heteroatoms. The zero-order valence-electron chi connectivity index (χ0n) is 8.41. The monoisotopic (exact) mass is 288 g/mol. The third-order valence-corrected chi connectivity index (χ3v) is 2.50. The Bertz CT molecular complexity index is 626. The number of nitrogens with zero attached hydrogens (tertiary/aromatic N) is 2. The molecule has 0 radical (unpaired) electrons. The second-order valence-electron chi connectivity index (χ2n) is 3.13. The highest BCUT2D eigenvalue weighted by molar-refractivity contribution is 9.10. The van der Waals surface area contributed by atoms with Crippen LogP contribution >= 0.6 is 15.9 Å². The van der Waals surface area contributed by atoms with Crippen LogP contribution in [0.25, 0.3) is 11.2 Å². The number of halogens is 1. The summed E-state index contributed by atoms with van der Waals surface area (Å²) in [6, 6.07) is 0.